The van der Waals surface area contributed by atoms with Crippen LogP contribution in [0.5, 0.6) is 17.2 Å². The summed E-state index contributed by atoms with van der Waals surface area (Å²) in [5, 5.41) is 0.432. The zero-order chi connectivity index (χ0) is 25.5. The molecule has 34 heavy (non-hydrogen) atoms. The van der Waals surface area contributed by atoms with Crippen LogP contribution in [0, 0.1) is 0 Å². The second kappa shape index (κ2) is 12.2. The molecule has 0 saturated heterocycles. The fourth-order valence-corrected chi connectivity index (χ4v) is 3.80. The van der Waals surface area contributed by atoms with Gasteiger partial charge in [0.25, 0.3) is 0 Å². The van der Waals surface area contributed by atoms with Crippen molar-refractivity contribution in [3.05, 3.63) is 45.9 Å². The number of esters is 2. The monoisotopic (exact) mass is 511 g/mol. The molecule has 0 aliphatic rings. The number of carbonyl (C=O) groups excluding carboxylic acids is 2. The Balaban J connectivity index is 2.38. The van der Waals surface area contributed by atoms with Crippen LogP contribution >= 0.6 is 23.2 Å². The first-order valence-electron chi connectivity index (χ1n) is 10.9. The molecular formula is C25H31Cl2NO6. The van der Waals surface area contributed by atoms with E-state index in [-0.39, 0.29) is 47.5 Å². The van der Waals surface area contributed by atoms with Crippen LogP contribution in [0.4, 0.5) is 5.69 Å². The van der Waals surface area contributed by atoms with Crippen LogP contribution in [-0.2, 0) is 24.5 Å². The van der Waals surface area contributed by atoms with E-state index in [1.807, 2.05) is 12.1 Å². The van der Waals surface area contributed by atoms with Crippen molar-refractivity contribution >= 4 is 40.8 Å². The largest absolute Gasteiger partial charge is 0.496 e. The van der Waals surface area contributed by atoms with Crippen molar-refractivity contribution in [3.8, 4) is 17.2 Å². The zero-order valence-electron chi connectivity index (χ0n) is 20.4. The van der Waals surface area contributed by atoms with Gasteiger partial charge < -0.3 is 23.8 Å². The summed E-state index contributed by atoms with van der Waals surface area (Å²) in [7, 11) is 1.62. The number of hydrogen-bond donors (Lipinski definition) is 0. The first-order chi connectivity index (χ1) is 16.0. The minimum absolute atomic E-state index is 0.174. The average Bonchev–Trinajstić information content (AvgIpc) is 2.75. The minimum Gasteiger partial charge on any atom is -0.496 e. The summed E-state index contributed by atoms with van der Waals surface area (Å²) in [6.07, 6.45) is 0. The highest BCUT2D eigenvalue weighted by Gasteiger charge is 2.22. The summed E-state index contributed by atoms with van der Waals surface area (Å²) in [5.41, 5.74) is 1.24. The fourth-order valence-electron chi connectivity index (χ4n) is 3.24. The first kappa shape index (κ1) is 27.6. The highest BCUT2D eigenvalue weighted by Crippen LogP contribution is 2.42. The number of hydrogen-bond acceptors (Lipinski definition) is 7. The molecule has 0 saturated carbocycles. The van der Waals surface area contributed by atoms with Crippen LogP contribution in [0.25, 0.3) is 0 Å². The van der Waals surface area contributed by atoms with Crippen LogP contribution in [-0.4, -0.2) is 45.4 Å². The lowest BCUT2D eigenvalue weighted by Gasteiger charge is -2.24. The third-order valence-corrected chi connectivity index (χ3v) is 5.36. The van der Waals surface area contributed by atoms with E-state index in [1.165, 1.54) is 4.90 Å². The maximum Gasteiger partial charge on any atom is 0.325 e. The molecule has 2 rings (SSSR count). The van der Waals surface area contributed by atoms with Crippen molar-refractivity contribution in [1.82, 2.24) is 0 Å². The lowest BCUT2D eigenvalue weighted by molar-refractivity contribution is -0.142. The first-order valence-corrected chi connectivity index (χ1v) is 11.7. The second-order valence-corrected chi connectivity index (χ2v) is 9.23. The van der Waals surface area contributed by atoms with Gasteiger partial charge in [0, 0.05) is 11.3 Å². The van der Waals surface area contributed by atoms with Crippen molar-refractivity contribution in [2.45, 2.75) is 40.0 Å². The van der Waals surface area contributed by atoms with Crippen LogP contribution in [0.15, 0.2) is 30.3 Å². The third-order valence-electron chi connectivity index (χ3n) is 4.80. The molecule has 0 N–H and O–H groups in total. The van der Waals surface area contributed by atoms with Gasteiger partial charge in [-0.25, -0.2) is 0 Å². The Morgan fingerprint density at radius 1 is 0.912 bits per heavy atom. The van der Waals surface area contributed by atoms with Crippen LogP contribution in [0.3, 0.4) is 0 Å². The van der Waals surface area contributed by atoms with Gasteiger partial charge >= 0.3 is 11.9 Å². The second-order valence-electron chi connectivity index (χ2n) is 8.42. The number of benzene rings is 2. The van der Waals surface area contributed by atoms with E-state index in [9.17, 15) is 9.59 Å². The van der Waals surface area contributed by atoms with Gasteiger partial charge in [-0.2, -0.15) is 0 Å². The van der Waals surface area contributed by atoms with E-state index in [1.54, 1.807) is 39.2 Å². The number of methoxy groups -OCH3 is 1. The van der Waals surface area contributed by atoms with E-state index in [0.29, 0.717) is 11.4 Å². The Labute approximate surface area is 210 Å². The zero-order valence-corrected chi connectivity index (χ0v) is 21.9. The number of halogens is 2. The Morgan fingerprint density at radius 3 is 1.88 bits per heavy atom. The maximum absolute atomic E-state index is 12.1. The smallest absolute Gasteiger partial charge is 0.325 e. The topological polar surface area (TPSA) is 74.3 Å². The quantitative estimate of drug-likeness (QED) is 0.360. The predicted octanol–water partition coefficient (Wildman–Crippen LogP) is 6.02. The van der Waals surface area contributed by atoms with Crippen molar-refractivity contribution in [2.24, 2.45) is 0 Å². The van der Waals surface area contributed by atoms with Gasteiger partial charge in [0.05, 0.1) is 30.4 Å². The normalized spacial score (nSPS) is 11.1. The third kappa shape index (κ3) is 7.43. The molecule has 2 aromatic rings. The molecule has 0 heterocycles. The Bertz CT molecular complexity index is 976. The van der Waals surface area contributed by atoms with Gasteiger partial charge in [0.15, 0.2) is 5.75 Å². The molecule has 0 fully saturated rings. The van der Waals surface area contributed by atoms with Gasteiger partial charge in [-0.3, -0.25) is 9.59 Å². The van der Waals surface area contributed by atoms with Gasteiger partial charge in [-0.05, 0) is 49.6 Å². The van der Waals surface area contributed by atoms with Crippen LogP contribution in [0.2, 0.25) is 10.0 Å². The lowest BCUT2D eigenvalue weighted by Crippen LogP contribution is -2.36. The summed E-state index contributed by atoms with van der Waals surface area (Å²) in [5.74, 6) is 0.557. The summed E-state index contributed by atoms with van der Waals surface area (Å²) in [6.45, 7) is 9.73. The summed E-state index contributed by atoms with van der Waals surface area (Å²) in [4.78, 5) is 25.7. The summed E-state index contributed by atoms with van der Waals surface area (Å²) < 4.78 is 21.5. The molecule has 0 aliphatic carbocycles. The van der Waals surface area contributed by atoms with Gasteiger partial charge in [0.2, 0.25) is 0 Å². The van der Waals surface area contributed by atoms with Crippen molar-refractivity contribution in [1.29, 1.82) is 0 Å². The van der Waals surface area contributed by atoms with Crippen LogP contribution < -0.4 is 14.4 Å². The SMILES string of the molecule is CCOC(=O)CN(CC(=O)OCC)c1cc(Cl)c(Oc2ccc(OC)c(C(C)(C)C)c2)c(Cl)c1. The van der Waals surface area contributed by atoms with Crippen LogP contribution in [0.1, 0.15) is 40.2 Å². The van der Waals surface area contributed by atoms with Crippen molar-refractivity contribution in [2.75, 3.05) is 38.3 Å². The Hall–Kier alpha value is -2.64. The standard InChI is InChI=1S/C25H31Cl2NO6/c1-7-32-22(29)14-28(15-23(30)33-8-2)16-11-19(26)24(20(27)12-16)34-17-9-10-21(31-6)18(13-17)25(3,4)5/h9-13H,7-8,14-15H2,1-6H3. The molecule has 0 spiro atoms. The van der Waals surface area contributed by atoms with Gasteiger partial charge in [-0.15, -0.1) is 0 Å². The summed E-state index contributed by atoms with van der Waals surface area (Å²) in [6, 6.07) is 8.63. The molecule has 0 unspecified atom stereocenters. The summed E-state index contributed by atoms with van der Waals surface area (Å²) >= 11 is 13.0. The molecule has 186 valence electrons. The highest BCUT2D eigenvalue weighted by atomic mass is 35.5. The molecule has 0 bridgehead atoms. The molecule has 0 aromatic heterocycles. The Morgan fingerprint density at radius 2 is 1.44 bits per heavy atom. The van der Waals surface area contributed by atoms with E-state index >= 15 is 0 Å². The molecule has 0 atom stereocenters. The van der Waals surface area contributed by atoms with E-state index in [2.05, 4.69) is 20.8 Å². The molecule has 9 heteroatoms. The molecule has 2 aromatic carbocycles. The van der Waals surface area contributed by atoms with E-state index in [4.69, 9.17) is 42.1 Å². The maximum atomic E-state index is 12.1. The number of rotatable bonds is 10. The minimum atomic E-state index is -0.493. The lowest BCUT2D eigenvalue weighted by atomic mass is 9.86. The molecule has 7 nitrogen and oxygen atoms in total. The highest BCUT2D eigenvalue weighted by molar-refractivity contribution is 6.37. The molecule has 0 radical (unpaired) electrons. The van der Waals surface area contributed by atoms with E-state index in [0.717, 1.165) is 11.3 Å². The number of carbonyl (C=O) groups is 2. The van der Waals surface area contributed by atoms with Gasteiger partial charge in [0.1, 0.15) is 24.6 Å². The van der Waals surface area contributed by atoms with Crippen molar-refractivity contribution < 1.29 is 28.5 Å². The van der Waals surface area contributed by atoms with Crippen molar-refractivity contribution in [3.63, 3.8) is 0 Å². The molecule has 0 amide bonds. The average molecular weight is 512 g/mol. The predicted molar refractivity (Wildman–Crippen MR) is 134 cm³/mol. The molecule has 0 aliphatic heterocycles. The number of nitrogens with zero attached hydrogens (tertiary/aromatic N) is 1. The number of ether oxygens (including phenoxy) is 4. The van der Waals surface area contributed by atoms with E-state index < -0.39 is 11.9 Å². The Kier molecular flexibility index (Phi) is 9.89. The van der Waals surface area contributed by atoms with Gasteiger partial charge in [-0.1, -0.05) is 44.0 Å². The molecular weight excluding hydrogens is 481 g/mol. The number of anilines is 1. The fraction of sp³-hybridized carbons (Fsp3) is 0.440.